The molecule has 1 aromatic carbocycles. The highest BCUT2D eigenvalue weighted by Crippen LogP contribution is 2.32. The third kappa shape index (κ3) is 1.53. The molecule has 0 spiro atoms. The van der Waals surface area contributed by atoms with E-state index in [0.717, 1.165) is 12.0 Å². The summed E-state index contributed by atoms with van der Waals surface area (Å²) in [6, 6.07) is 3.22. The summed E-state index contributed by atoms with van der Waals surface area (Å²) in [6.07, 6.45) is 0.773. The van der Waals surface area contributed by atoms with E-state index in [2.05, 4.69) is 0 Å². The molecule has 5 heteroatoms. The highest BCUT2D eigenvalue weighted by molar-refractivity contribution is 6.59. The van der Waals surface area contributed by atoms with Gasteiger partial charge in [0, 0.05) is 6.42 Å². The quantitative estimate of drug-likeness (QED) is 0.622. The summed E-state index contributed by atoms with van der Waals surface area (Å²) in [5.41, 5.74) is 1.35. The van der Waals surface area contributed by atoms with Crippen LogP contribution < -0.4 is 10.2 Å². The van der Waals surface area contributed by atoms with Gasteiger partial charge in [-0.2, -0.15) is 0 Å². The number of fused-ring (bicyclic) bond motifs is 1. The summed E-state index contributed by atoms with van der Waals surface area (Å²) in [4.78, 5) is 0. The van der Waals surface area contributed by atoms with Crippen molar-refractivity contribution < 1.29 is 14.8 Å². The molecule has 2 N–H and O–H groups in total. The summed E-state index contributed by atoms with van der Waals surface area (Å²) >= 11 is 5.87. The minimum atomic E-state index is -1.47. The average molecular weight is 198 g/mol. The largest absolute Gasteiger partial charge is 0.491 e. The van der Waals surface area contributed by atoms with Crippen molar-refractivity contribution >= 4 is 24.2 Å². The summed E-state index contributed by atoms with van der Waals surface area (Å²) in [5, 5.41) is 18.3. The van der Waals surface area contributed by atoms with E-state index in [-0.39, 0.29) is 0 Å². The fourth-order valence-corrected chi connectivity index (χ4v) is 1.74. The molecule has 1 aliphatic rings. The van der Waals surface area contributed by atoms with E-state index < -0.39 is 7.12 Å². The molecule has 0 aliphatic carbocycles. The molecular weight excluding hydrogens is 190 g/mol. The zero-order valence-electron chi connectivity index (χ0n) is 6.83. The van der Waals surface area contributed by atoms with Gasteiger partial charge in [-0.15, -0.1) is 0 Å². The lowest BCUT2D eigenvalue weighted by molar-refractivity contribution is 0.357. The first-order valence-corrected chi connectivity index (χ1v) is 4.37. The van der Waals surface area contributed by atoms with Crippen molar-refractivity contribution in [3.8, 4) is 5.75 Å². The van der Waals surface area contributed by atoms with Crippen molar-refractivity contribution in [3.05, 3.63) is 22.7 Å². The van der Waals surface area contributed by atoms with Crippen LogP contribution in [0.1, 0.15) is 5.56 Å². The first-order chi connectivity index (χ1) is 6.18. The third-order valence-electron chi connectivity index (χ3n) is 2.06. The average Bonchev–Trinajstić information content (AvgIpc) is 2.51. The summed E-state index contributed by atoms with van der Waals surface area (Å²) in [7, 11) is -1.47. The van der Waals surface area contributed by atoms with Gasteiger partial charge in [0.1, 0.15) is 5.75 Å². The fraction of sp³-hybridized carbons (Fsp3) is 0.250. The van der Waals surface area contributed by atoms with Gasteiger partial charge in [-0.05, 0) is 17.1 Å². The molecule has 0 unspecified atom stereocenters. The zero-order chi connectivity index (χ0) is 9.42. The van der Waals surface area contributed by atoms with Crippen LogP contribution in [0.15, 0.2) is 12.1 Å². The number of hydrogen-bond acceptors (Lipinski definition) is 3. The number of rotatable bonds is 1. The predicted molar refractivity (Wildman–Crippen MR) is 50.5 cm³/mol. The lowest BCUT2D eigenvalue weighted by Crippen LogP contribution is -2.29. The summed E-state index contributed by atoms with van der Waals surface area (Å²) in [5.74, 6) is 0.672. The van der Waals surface area contributed by atoms with Crippen molar-refractivity contribution in [2.24, 2.45) is 0 Å². The van der Waals surface area contributed by atoms with Crippen LogP contribution in [-0.2, 0) is 6.42 Å². The second-order valence-electron chi connectivity index (χ2n) is 2.96. The molecule has 13 heavy (non-hydrogen) atoms. The number of hydrogen-bond donors (Lipinski definition) is 2. The third-order valence-corrected chi connectivity index (χ3v) is 2.34. The maximum absolute atomic E-state index is 8.94. The number of halogens is 1. The maximum atomic E-state index is 8.94. The summed E-state index contributed by atoms with van der Waals surface area (Å²) in [6.45, 7) is 0.611. The van der Waals surface area contributed by atoms with Crippen molar-refractivity contribution in [1.29, 1.82) is 0 Å². The standard InChI is InChI=1S/C8H8BClO3/c10-7-4-6(9(11)12)3-5-1-2-13-8(5)7/h3-4,11-12H,1-2H2. The highest BCUT2D eigenvalue weighted by Gasteiger charge is 2.20. The first kappa shape index (κ1) is 8.87. The molecule has 0 atom stereocenters. The SMILES string of the molecule is OB(O)c1cc(Cl)c2c(c1)CCO2. The molecular formula is C8H8BClO3. The van der Waals surface area contributed by atoms with Gasteiger partial charge in [0.2, 0.25) is 0 Å². The molecule has 0 radical (unpaired) electrons. The minimum Gasteiger partial charge on any atom is -0.491 e. The van der Waals surface area contributed by atoms with Gasteiger partial charge in [0.15, 0.2) is 0 Å². The minimum absolute atomic E-state index is 0.411. The van der Waals surface area contributed by atoms with E-state index in [9.17, 15) is 0 Å². The van der Waals surface area contributed by atoms with E-state index in [1.807, 2.05) is 0 Å². The fourth-order valence-electron chi connectivity index (χ4n) is 1.43. The van der Waals surface area contributed by atoms with Crippen LogP contribution in [0.3, 0.4) is 0 Å². The van der Waals surface area contributed by atoms with Crippen LogP contribution in [0, 0.1) is 0 Å². The van der Waals surface area contributed by atoms with E-state index in [4.69, 9.17) is 26.4 Å². The van der Waals surface area contributed by atoms with Gasteiger partial charge < -0.3 is 14.8 Å². The van der Waals surface area contributed by atoms with Crippen LogP contribution in [-0.4, -0.2) is 23.8 Å². The zero-order valence-corrected chi connectivity index (χ0v) is 7.58. The smallest absolute Gasteiger partial charge is 0.488 e. The van der Waals surface area contributed by atoms with E-state index in [0.29, 0.717) is 22.8 Å². The van der Waals surface area contributed by atoms with Crippen LogP contribution in [0.25, 0.3) is 0 Å². The molecule has 2 rings (SSSR count). The Kier molecular flexibility index (Phi) is 2.19. The Balaban J connectivity index is 2.49. The topological polar surface area (TPSA) is 49.7 Å². The van der Waals surface area contributed by atoms with Crippen LogP contribution in [0.2, 0.25) is 5.02 Å². The van der Waals surface area contributed by atoms with Gasteiger partial charge in [-0.1, -0.05) is 17.7 Å². The number of ether oxygens (including phenoxy) is 1. The van der Waals surface area contributed by atoms with E-state index in [1.165, 1.54) is 6.07 Å². The van der Waals surface area contributed by atoms with Crippen molar-refractivity contribution in [1.82, 2.24) is 0 Å². The molecule has 1 aliphatic heterocycles. The lowest BCUT2D eigenvalue weighted by atomic mass is 9.79. The van der Waals surface area contributed by atoms with Crippen LogP contribution in [0.4, 0.5) is 0 Å². The van der Waals surface area contributed by atoms with E-state index in [1.54, 1.807) is 6.07 Å². The van der Waals surface area contributed by atoms with Gasteiger partial charge in [-0.3, -0.25) is 0 Å². The number of benzene rings is 1. The molecule has 0 amide bonds. The molecule has 1 aromatic rings. The molecule has 0 aromatic heterocycles. The molecule has 68 valence electrons. The first-order valence-electron chi connectivity index (χ1n) is 4.00. The molecule has 0 bridgehead atoms. The van der Waals surface area contributed by atoms with Crippen molar-refractivity contribution in [2.45, 2.75) is 6.42 Å². The highest BCUT2D eigenvalue weighted by atomic mass is 35.5. The molecule has 1 heterocycles. The maximum Gasteiger partial charge on any atom is 0.488 e. The van der Waals surface area contributed by atoms with Gasteiger partial charge in [0.05, 0.1) is 11.6 Å². The Bertz CT molecular complexity index is 340. The molecule has 0 saturated heterocycles. The monoisotopic (exact) mass is 198 g/mol. The van der Waals surface area contributed by atoms with Crippen LogP contribution in [0.5, 0.6) is 5.75 Å². The molecule has 3 nitrogen and oxygen atoms in total. The van der Waals surface area contributed by atoms with Gasteiger partial charge >= 0.3 is 7.12 Å². The van der Waals surface area contributed by atoms with Crippen LogP contribution >= 0.6 is 11.6 Å². The Labute approximate surface area is 81.1 Å². The van der Waals surface area contributed by atoms with Gasteiger partial charge in [-0.25, -0.2) is 0 Å². The molecule has 0 saturated carbocycles. The van der Waals surface area contributed by atoms with Gasteiger partial charge in [0.25, 0.3) is 0 Å². The van der Waals surface area contributed by atoms with E-state index >= 15 is 0 Å². The second kappa shape index (κ2) is 3.22. The molecule has 0 fully saturated rings. The Morgan fingerprint density at radius 2 is 2.15 bits per heavy atom. The van der Waals surface area contributed by atoms with Crippen molar-refractivity contribution in [3.63, 3.8) is 0 Å². The lowest BCUT2D eigenvalue weighted by Gasteiger charge is -2.05. The predicted octanol–water partition coefficient (Wildman–Crippen LogP) is -0.0453. The Morgan fingerprint density at radius 3 is 2.85 bits per heavy atom. The summed E-state index contributed by atoms with van der Waals surface area (Å²) < 4.78 is 5.27. The second-order valence-corrected chi connectivity index (χ2v) is 3.37. The normalized spacial score (nSPS) is 13.8. The van der Waals surface area contributed by atoms with Crippen molar-refractivity contribution in [2.75, 3.05) is 6.61 Å². The Morgan fingerprint density at radius 1 is 1.38 bits per heavy atom. The Hall–Kier alpha value is -0.705.